The van der Waals surface area contributed by atoms with Crippen LogP contribution in [0.5, 0.6) is 0 Å². The van der Waals surface area contributed by atoms with E-state index in [-0.39, 0.29) is 16.9 Å². The Bertz CT molecular complexity index is 929. The Morgan fingerprint density at radius 2 is 1.79 bits per heavy atom. The Hall–Kier alpha value is -2.69. The number of nitrogens with one attached hydrogen (secondary N) is 2. The van der Waals surface area contributed by atoms with Gasteiger partial charge >= 0.3 is 6.03 Å². The summed E-state index contributed by atoms with van der Waals surface area (Å²) >= 11 is 0. The Balaban J connectivity index is 1.44. The van der Waals surface area contributed by atoms with Crippen LogP contribution in [0.1, 0.15) is 56.8 Å². The second kappa shape index (κ2) is 6.97. The van der Waals surface area contributed by atoms with E-state index in [0.717, 1.165) is 6.42 Å². The number of imide groups is 1. The highest BCUT2D eigenvalue weighted by atomic mass is 16.2. The van der Waals surface area contributed by atoms with Crippen molar-refractivity contribution >= 4 is 17.7 Å². The van der Waals surface area contributed by atoms with Gasteiger partial charge in [-0.15, -0.1) is 0 Å². The highest BCUT2D eigenvalue weighted by Gasteiger charge is 2.61. The molecule has 152 valence electrons. The van der Waals surface area contributed by atoms with Crippen molar-refractivity contribution in [2.24, 2.45) is 22.7 Å². The number of urea groups is 1. The van der Waals surface area contributed by atoms with Crippen molar-refractivity contribution in [1.82, 2.24) is 10.6 Å². The number of ketones is 1. The molecule has 2 bridgehead atoms. The largest absolute Gasteiger partial charge is 0.326 e. The van der Waals surface area contributed by atoms with Crippen molar-refractivity contribution in [2.75, 3.05) is 0 Å². The van der Waals surface area contributed by atoms with Crippen molar-refractivity contribution < 1.29 is 14.4 Å². The predicted octanol–water partition coefficient (Wildman–Crippen LogP) is 4.37. The first-order chi connectivity index (χ1) is 13.7. The van der Waals surface area contributed by atoms with Crippen molar-refractivity contribution in [1.29, 1.82) is 0 Å². The van der Waals surface area contributed by atoms with Gasteiger partial charge in [-0.2, -0.15) is 0 Å². The van der Waals surface area contributed by atoms with Crippen molar-refractivity contribution in [3.05, 3.63) is 59.3 Å². The molecule has 3 unspecified atom stereocenters. The fourth-order valence-electron chi connectivity index (χ4n) is 5.66. The van der Waals surface area contributed by atoms with Crippen molar-refractivity contribution in [2.45, 2.75) is 46.5 Å². The van der Waals surface area contributed by atoms with Gasteiger partial charge in [0.25, 0.3) is 5.91 Å². The fourth-order valence-corrected chi connectivity index (χ4v) is 5.66. The lowest BCUT2D eigenvalue weighted by atomic mass is 9.64. The van der Waals surface area contributed by atoms with Crippen LogP contribution in [-0.4, -0.2) is 17.7 Å². The number of carbonyl (C=O) groups excluding carboxylic acids is 3. The molecule has 1 aromatic rings. The maximum atomic E-state index is 12.7. The molecule has 0 saturated heterocycles. The van der Waals surface area contributed by atoms with Crippen LogP contribution in [0.4, 0.5) is 4.79 Å². The Labute approximate surface area is 171 Å². The van der Waals surface area contributed by atoms with Gasteiger partial charge in [-0.05, 0) is 60.1 Å². The lowest BCUT2D eigenvalue weighted by Crippen LogP contribution is -2.41. The number of allylic oxidation sites excluding steroid dienone is 4. The van der Waals surface area contributed by atoms with Gasteiger partial charge in [0.05, 0.1) is 5.70 Å². The maximum absolute atomic E-state index is 12.7. The normalized spacial score (nSPS) is 29.8. The minimum atomic E-state index is -0.691. The number of carbonyl (C=O) groups is 3. The molecule has 0 heterocycles. The Morgan fingerprint density at radius 1 is 1.07 bits per heavy atom. The molecule has 3 aliphatic carbocycles. The molecule has 3 aliphatic rings. The third-order valence-electron chi connectivity index (χ3n) is 7.88. The molecule has 0 aliphatic heterocycles. The molecule has 3 atom stereocenters. The highest BCUT2D eigenvalue weighted by molar-refractivity contribution is 6.07. The van der Waals surface area contributed by atoms with E-state index >= 15 is 0 Å². The number of benzene rings is 1. The molecule has 5 nitrogen and oxygen atoms in total. The van der Waals surface area contributed by atoms with Gasteiger partial charge in [0.15, 0.2) is 5.78 Å². The summed E-state index contributed by atoms with van der Waals surface area (Å²) in [6.45, 7) is 7.11. The molecule has 2 N–H and O–H groups in total. The molecule has 5 heteroatoms. The number of Topliss-reactive ketones (excluding diaryl/α,β-unsaturated/α-hetero) is 1. The smallest absolute Gasteiger partial charge is 0.304 e. The monoisotopic (exact) mass is 392 g/mol. The molecule has 2 fully saturated rings. The minimum Gasteiger partial charge on any atom is -0.304 e. The summed E-state index contributed by atoms with van der Waals surface area (Å²) in [4.78, 5) is 36.9. The van der Waals surface area contributed by atoms with Gasteiger partial charge in [-0.1, -0.05) is 50.6 Å². The van der Waals surface area contributed by atoms with Crippen LogP contribution in [0.3, 0.4) is 0 Å². The highest BCUT2D eigenvalue weighted by Crippen LogP contribution is 2.69. The minimum absolute atomic E-state index is 0.103. The number of hydrogen-bond donors (Lipinski definition) is 2. The van der Waals surface area contributed by atoms with Crippen LogP contribution in [0.25, 0.3) is 0 Å². The van der Waals surface area contributed by atoms with Gasteiger partial charge in [0.2, 0.25) is 0 Å². The van der Waals surface area contributed by atoms with E-state index in [1.54, 1.807) is 36.4 Å². The van der Waals surface area contributed by atoms with Crippen molar-refractivity contribution in [3.63, 3.8) is 0 Å². The zero-order valence-corrected chi connectivity index (χ0v) is 17.2. The predicted molar refractivity (Wildman–Crippen MR) is 111 cm³/mol. The first kappa shape index (κ1) is 19.6. The maximum Gasteiger partial charge on any atom is 0.326 e. The van der Waals surface area contributed by atoms with Gasteiger partial charge in [0.1, 0.15) is 0 Å². The molecule has 29 heavy (non-hydrogen) atoms. The van der Waals surface area contributed by atoms with Gasteiger partial charge in [-0.3, -0.25) is 14.9 Å². The summed E-state index contributed by atoms with van der Waals surface area (Å²) in [6, 6.07) is 7.81. The van der Waals surface area contributed by atoms with E-state index in [0.29, 0.717) is 29.2 Å². The van der Waals surface area contributed by atoms with Crippen LogP contribution < -0.4 is 10.6 Å². The molecular formula is C24H28N2O3. The van der Waals surface area contributed by atoms with Gasteiger partial charge in [-0.25, -0.2) is 4.79 Å². The number of fused-ring (bicyclic) bond motifs is 2. The fraction of sp³-hybridized carbons (Fsp3) is 0.458. The van der Waals surface area contributed by atoms with E-state index in [9.17, 15) is 14.4 Å². The van der Waals surface area contributed by atoms with Crippen LogP contribution in [0.2, 0.25) is 0 Å². The van der Waals surface area contributed by atoms with E-state index in [1.165, 1.54) is 18.4 Å². The summed E-state index contributed by atoms with van der Waals surface area (Å²) < 4.78 is 0. The first-order valence-corrected chi connectivity index (χ1v) is 10.3. The van der Waals surface area contributed by atoms with Gasteiger partial charge < -0.3 is 5.32 Å². The second-order valence-corrected chi connectivity index (χ2v) is 9.36. The van der Waals surface area contributed by atoms with Gasteiger partial charge in [0, 0.05) is 12.0 Å². The third-order valence-corrected chi connectivity index (χ3v) is 7.88. The van der Waals surface area contributed by atoms with Crippen LogP contribution in [0, 0.1) is 22.7 Å². The summed E-state index contributed by atoms with van der Waals surface area (Å²) in [6.07, 6.45) is 7.66. The molecular weight excluding hydrogens is 364 g/mol. The molecule has 1 aromatic carbocycles. The summed E-state index contributed by atoms with van der Waals surface area (Å²) in [5, 5.41) is 4.80. The Kier molecular flexibility index (Phi) is 4.72. The summed E-state index contributed by atoms with van der Waals surface area (Å²) in [5.74, 6) is 0.535. The molecule has 0 aromatic heterocycles. The zero-order valence-electron chi connectivity index (χ0n) is 17.2. The van der Waals surface area contributed by atoms with Crippen LogP contribution >= 0.6 is 0 Å². The molecule has 0 radical (unpaired) electrons. The number of amides is 3. The third kappa shape index (κ3) is 3.22. The second-order valence-electron chi connectivity index (χ2n) is 9.36. The van der Waals surface area contributed by atoms with Crippen molar-refractivity contribution in [3.8, 4) is 0 Å². The Morgan fingerprint density at radius 3 is 2.38 bits per heavy atom. The van der Waals surface area contributed by atoms with Crippen LogP contribution in [-0.2, 0) is 4.79 Å². The number of hydrogen-bond acceptors (Lipinski definition) is 3. The summed E-state index contributed by atoms with van der Waals surface area (Å²) in [5.41, 5.74) is 2.32. The standard InChI is InChI=1S/C24H28N2O3/c1-23(2)17-11-12-24(23,3)18(14-17)16-9-10-19(20(27)13-16)25-22(29)26-21(28)15-7-5-4-6-8-15/h4-10,17-18H,11-14H2,1-3H3,(H2,25,26,28,29). The lowest BCUT2D eigenvalue weighted by molar-refractivity contribution is -0.115. The molecule has 2 saturated carbocycles. The average Bonchev–Trinajstić information content (AvgIpc) is 3.03. The van der Waals surface area contributed by atoms with E-state index in [4.69, 9.17) is 0 Å². The number of rotatable bonds is 3. The lowest BCUT2D eigenvalue weighted by Gasteiger charge is -2.40. The first-order valence-electron chi connectivity index (χ1n) is 10.3. The molecule has 0 spiro atoms. The topological polar surface area (TPSA) is 75.3 Å². The quantitative estimate of drug-likeness (QED) is 0.802. The van der Waals surface area contributed by atoms with Crippen LogP contribution in [0.15, 0.2) is 53.8 Å². The SMILES string of the molecule is CC1(C)C2CCC1(C)C(C1=CC=C(NC(=O)NC(=O)c3ccccc3)C(=O)C1)C2. The average molecular weight is 392 g/mol. The van der Waals surface area contributed by atoms with E-state index < -0.39 is 11.9 Å². The molecule has 3 amide bonds. The molecule has 4 rings (SSSR count). The summed E-state index contributed by atoms with van der Waals surface area (Å²) in [7, 11) is 0. The van der Waals surface area contributed by atoms with E-state index in [1.807, 2.05) is 6.08 Å². The van der Waals surface area contributed by atoms with E-state index in [2.05, 4.69) is 31.4 Å². The zero-order chi connectivity index (χ0) is 20.8.